The van der Waals surface area contributed by atoms with Crippen LogP contribution in [0.3, 0.4) is 0 Å². The van der Waals surface area contributed by atoms with Crippen LogP contribution >= 0.6 is 11.3 Å². The number of fused-ring (bicyclic) bond motifs is 8. The van der Waals surface area contributed by atoms with E-state index < -0.39 is 0 Å². The van der Waals surface area contributed by atoms with E-state index in [2.05, 4.69) is 116 Å². The van der Waals surface area contributed by atoms with Crippen molar-refractivity contribution in [2.75, 3.05) is 0 Å². The molecule has 0 saturated carbocycles. The van der Waals surface area contributed by atoms with Gasteiger partial charge in [-0.1, -0.05) is 76.2 Å². The number of para-hydroxylation sites is 2. The van der Waals surface area contributed by atoms with Crippen LogP contribution in [0, 0.1) is 0 Å². The molecule has 0 saturated heterocycles. The minimum absolute atomic E-state index is 0.391. The molecule has 0 spiro atoms. The zero-order valence-electron chi connectivity index (χ0n) is 20.7. The smallest absolute Gasteiger partial charge is 0.218 e. The fraction of sp³-hybridized carbons (Fsp3) is 0.219. The molecule has 6 aromatic rings. The Morgan fingerprint density at radius 3 is 2.37 bits per heavy atom. The van der Waals surface area contributed by atoms with E-state index in [4.69, 9.17) is 0 Å². The van der Waals surface area contributed by atoms with Gasteiger partial charge in [-0.25, -0.2) is 4.57 Å². The van der Waals surface area contributed by atoms with Gasteiger partial charge in [0.15, 0.2) is 11.0 Å². The first-order chi connectivity index (χ1) is 17.0. The molecule has 7 rings (SSSR count). The third kappa shape index (κ3) is 2.85. The molecular weight excluding hydrogens is 444 g/mol. The highest BCUT2D eigenvalue weighted by molar-refractivity contribution is 7.25. The van der Waals surface area contributed by atoms with E-state index in [-0.39, 0.29) is 0 Å². The number of nitrogens with zero attached hydrogens (tertiary/aromatic N) is 2. The van der Waals surface area contributed by atoms with Crippen LogP contribution in [0.1, 0.15) is 56.2 Å². The number of imidazole rings is 1. The summed E-state index contributed by atoms with van der Waals surface area (Å²) in [5.41, 5.74) is 9.63. The molecule has 0 radical (unpaired) electrons. The Morgan fingerprint density at radius 1 is 0.800 bits per heavy atom. The van der Waals surface area contributed by atoms with Crippen molar-refractivity contribution in [1.82, 2.24) is 4.57 Å². The SMILES string of the molecule is CC(C)c1cc2sc3ccccc3c2c(C(C)C)c1-n1c2[n+](c3ccccc31)Cc1ccccc1-2. The zero-order valence-corrected chi connectivity index (χ0v) is 21.5. The molecule has 1 aliphatic heterocycles. The van der Waals surface area contributed by atoms with Crippen LogP contribution < -0.4 is 4.57 Å². The predicted molar refractivity (Wildman–Crippen MR) is 149 cm³/mol. The largest absolute Gasteiger partial charge is 0.295 e. The lowest BCUT2D eigenvalue weighted by Gasteiger charge is -2.20. The Balaban J connectivity index is 1.72. The zero-order chi connectivity index (χ0) is 23.8. The molecule has 0 bridgehead atoms. The summed E-state index contributed by atoms with van der Waals surface area (Å²) >= 11 is 1.93. The summed E-state index contributed by atoms with van der Waals surface area (Å²) in [5, 5.41) is 2.82. The number of rotatable bonds is 3. The van der Waals surface area contributed by atoms with Gasteiger partial charge in [0.1, 0.15) is 12.2 Å². The number of thiophene rings is 1. The second-order valence-electron chi connectivity index (χ2n) is 10.4. The average Bonchev–Trinajstić information content (AvgIpc) is 3.51. The lowest BCUT2D eigenvalue weighted by Crippen LogP contribution is -2.31. The lowest BCUT2D eigenvalue weighted by molar-refractivity contribution is -0.645. The molecule has 2 aromatic heterocycles. The summed E-state index contributed by atoms with van der Waals surface area (Å²) in [7, 11) is 0. The topological polar surface area (TPSA) is 8.81 Å². The van der Waals surface area contributed by atoms with Gasteiger partial charge in [-0.15, -0.1) is 11.3 Å². The van der Waals surface area contributed by atoms with Gasteiger partial charge in [0, 0.05) is 36.9 Å². The third-order valence-corrected chi connectivity index (χ3v) is 8.72. The molecule has 0 amide bonds. The van der Waals surface area contributed by atoms with Crippen molar-refractivity contribution in [3.8, 4) is 17.1 Å². The summed E-state index contributed by atoms with van der Waals surface area (Å²) in [6.07, 6.45) is 0. The molecule has 0 unspecified atom stereocenters. The van der Waals surface area contributed by atoms with Crippen LogP contribution in [-0.4, -0.2) is 4.57 Å². The normalized spacial score (nSPS) is 13.0. The Kier molecular flexibility index (Phi) is 4.50. The van der Waals surface area contributed by atoms with E-state index >= 15 is 0 Å². The van der Waals surface area contributed by atoms with Gasteiger partial charge in [0.25, 0.3) is 5.82 Å². The number of aromatic nitrogens is 2. The maximum atomic E-state index is 2.59. The minimum Gasteiger partial charge on any atom is -0.218 e. The van der Waals surface area contributed by atoms with Crippen LogP contribution in [0.25, 0.3) is 48.3 Å². The van der Waals surface area contributed by atoms with Crippen molar-refractivity contribution in [2.45, 2.75) is 46.1 Å². The van der Waals surface area contributed by atoms with E-state index in [0.29, 0.717) is 11.8 Å². The van der Waals surface area contributed by atoms with Crippen LogP contribution in [0.2, 0.25) is 0 Å². The van der Waals surface area contributed by atoms with E-state index in [1.807, 2.05) is 11.3 Å². The van der Waals surface area contributed by atoms with E-state index in [1.165, 1.54) is 65.0 Å². The summed E-state index contributed by atoms with van der Waals surface area (Å²) in [6.45, 7) is 10.3. The average molecular weight is 474 g/mol. The summed E-state index contributed by atoms with van der Waals surface area (Å²) in [6, 6.07) is 29.3. The van der Waals surface area contributed by atoms with Crippen molar-refractivity contribution in [3.05, 3.63) is 95.6 Å². The highest BCUT2D eigenvalue weighted by Gasteiger charge is 2.37. The van der Waals surface area contributed by atoms with E-state index in [0.717, 1.165) is 6.54 Å². The molecule has 1 aliphatic rings. The number of hydrogen-bond acceptors (Lipinski definition) is 1. The minimum atomic E-state index is 0.391. The van der Waals surface area contributed by atoms with Crippen molar-refractivity contribution in [1.29, 1.82) is 0 Å². The Bertz CT molecular complexity index is 1780. The molecular formula is C32H29N2S+. The monoisotopic (exact) mass is 473 g/mol. The fourth-order valence-electron chi connectivity index (χ4n) is 6.11. The van der Waals surface area contributed by atoms with Crippen LogP contribution in [0.15, 0.2) is 78.9 Å². The van der Waals surface area contributed by atoms with Crippen molar-refractivity contribution < 1.29 is 4.57 Å². The Morgan fingerprint density at radius 2 is 1.54 bits per heavy atom. The molecule has 0 fully saturated rings. The molecule has 172 valence electrons. The van der Waals surface area contributed by atoms with Gasteiger partial charge in [-0.05, 0) is 42.2 Å². The number of hydrogen-bond donors (Lipinski definition) is 0. The Hall–Kier alpha value is -3.43. The molecule has 3 heterocycles. The maximum absolute atomic E-state index is 2.59. The van der Waals surface area contributed by atoms with Crippen molar-refractivity contribution in [3.63, 3.8) is 0 Å². The van der Waals surface area contributed by atoms with Gasteiger partial charge in [-0.3, -0.25) is 0 Å². The standard InChI is InChI=1S/C32H29N2S/c1-19(2)24-17-28-30(23-13-7-10-16-27(23)35-28)29(20(3)4)31(24)34-26-15-9-8-14-25(26)33-18-21-11-5-6-12-22(21)32(33)34/h5-17,19-20H,18H2,1-4H3/q+1. The van der Waals surface area contributed by atoms with Gasteiger partial charge in [0.05, 0.1) is 5.56 Å². The highest BCUT2D eigenvalue weighted by Crippen LogP contribution is 2.46. The first kappa shape index (κ1) is 20.9. The molecule has 0 N–H and O–H groups in total. The quantitative estimate of drug-likeness (QED) is 0.227. The van der Waals surface area contributed by atoms with Crippen LogP contribution in [0.5, 0.6) is 0 Å². The Labute approximate surface area is 210 Å². The predicted octanol–water partition coefficient (Wildman–Crippen LogP) is 8.56. The van der Waals surface area contributed by atoms with Gasteiger partial charge < -0.3 is 0 Å². The summed E-state index contributed by atoms with van der Waals surface area (Å²) in [5.74, 6) is 2.11. The van der Waals surface area contributed by atoms with Crippen LogP contribution in [0.4, 0.5) is 0 Å². The summed E-state index contributed by atoms with van der Waals surface area (Å²) < 4.78 is 7.89. The van der Waals surface area contributed by atoms with Crippen LogP contribution in [-0.2, 0) is 6.54 Å². The van der Waals surface area contributed by atoms with Crippen molar-refractivity contribution >= 4 is 42.5 Å². The third-order valence-electron chi connectivity index (χ3n) is 7.60. The van der Waals surface area contributed by atoms with Gasteiger partial charge in [-0.2, -0.15) is 4.57 Å². The second kappa shape index (κ2) is 7.53. The molecule has 3 heteroatoms. The molecule has 2 nitrogen and oxygen atoms in total. The first-order valence-corrected chi connectivity index (χ1v) is 13.5. The first-order valence-electron chi connectivity index (χ1n) is 12.6. The second-order valence-corrected chi connectivity index (χ2v) is 11.5. The van der Waals surface area contributed by atoms with E-state index in [1.54, 1.807) is 0 Å². The highest BCUT2D eigenvalue weighted by atomic mass is 32.1. The lowest BCUT2D eigenvalue weighted by atomic mass is 9.88. The van der Waals surface area contributed by atoms with Gasteiger partial charge >= 0.3 is 0 Å². The van der Waals surface area contributed by atoms with E-state index in [9.17, 15) is 0 Å². The molecule has 0 atom stereocenters. The number of benzene rings is 4. The molecule has 35 heavy (non-hydrogen) atoms. The summed E-state index contributed by atoms with van der Waals surface area (Å²) in [4.78, 5) is 0. The van der Waals surface area contributed by atoms with Crippen molar-refractivity contribution in [2.24, 2.45) is 0 Å². The van der Waals surface area contributed by atoms with Gasteiger partial charge in [0.2, 0.25) is 0 Å². The fourth-order valence-corrected chi connectivity index (χ4v) is 7.28. The maximum Gasteiger partial charge on any atom is 0.295 e. The molecule has 0 aliphatic carbocycles. The molecule has 4 aromatic carbocycles.